The molecular formula is C16H22N2O2. The van der Waals surface area contributed by atoms with E-state index in [1.165, 1.54) is 19.3 Å². The van der Waals surface area contributed by atoms with Crippen LogP contribution in [0.2, 0.25) is 0 Å². The number of piperidine rings is 2. The summed E-state index contributed by atoms with van der Waals surface area (Å²) >= 11 is 0. The predicted octanol–water partition coefficient (Wildman–Crippen LogP) is 2.10. The lowest BCUT2D eigenvalue weighted by molar-refractivity contribution is 0.0904. The molecule has 108 valence electrons. The fraction of sp³-hybridized carbons (Fsp3) is 0.562. The Morgan fingerprint density at radius 1 is 1.25 bits per heavy atom. The molecule has 2 fully saturated rings. The van der Waals surface area contributed by atoms with Crippen LogP contribution in [0.1, 0.15) is 42.5 Å². The number of nitrogens with one attached hydrogen (secondary N) is 2. The number of fused-ring (bicyclic) bond motifs is 2. The highest BCUT2D eigenvalue weighted by Crippen LogP contribution is 2.26. The van der Waals surface area contributed by atoms with Gasteiger partial charge in [0, 0.05) is 18.1 Å². The minimum atomic E-state index is -0.0209. The molecule has 3 rings (SSSR count). The van der Waals surface area contributed by atoms with E-state index in [-0.39, 0.29) is 11.9 Å². The third-order valence-corrected chi connectivity index (χ3v) is 4.40. The van der Waals surface area contributed by atoms with Gasteiger partial charge in [0.2, 0.25) is 0 Å². The first-order valence-corrected chi connectivity index (χ1v) is 7.46. The van der Waals surface area contributed by atoms with Crippen LogP contribution in [-0.4, -0.2) is 31.1 Å². The van der Waals surface area contributed by atoms with Crippen LogP contribution in [0.25, 0.3) is 0 Å². The van der Waals surface area contributed by atoms with Gasteiger partial charge in [-0.05, 0) is 37.8 Å². The van der Waals surface area contributed by atoms with E-state index in [0.717, 1.165) is 12.8 Å². The Bertz CT molecular complexity index is 477. The fourth-order valence-electron chi connectivity index (χ4n) is 3.48. The van der Waals surface area contributed by atoms with E-state index in [0.29, 0.717) is 23.4 Å². The van der Waals surface area contributed by atoms with Gasteiger partial charge >= 0.3 is 0 Å². The molecule has 0 aliphatic carbocycles. The van der Waals surface area contributed by atoms with Crippen molar-refractivity contribution in [3.05, 3.63) is 29.8 Å². The molecule has 0 aromatic heterocycles. The summed E-state index contributed by atoms with van der Waals surface area (Å²) in [5.41, 5.74) is 0.624. The first-order valence-electron chi connectivity index (χ1n) is 7.46. The highest BCUT2D eigenvalue weighted by Gasteiger charge is 2.32. The maximum absolute atomic E-state index is 12.4. The van der Waals surface area contributed by atoms with Gasteiger partial charge in [-0.25, -0.2) is 0 Å². The summed E-state index contributed by atoms with van der Waals surface area (Å²) in [6.07, 6.45) is 5.86. The lowest BCUT2D eigenvalue weighted by Gasteiger charge is -2.40. The molecule has 2 aliphatic rings. The summed E-state index contributed by atoms with van der Waals surface area (Å²) in [6.45, 7) is 0. The number of carbonyl (C=O) groups excluding carboxylic acids is 1. The van der Waals surface area contributed by atoms with Crippen molar-refractivity contribution in [3.8, 4) is 5.75 Å². The molecule has 0 spiro atoms. The highest BCUT2D eigenvalue weighted by molar-refractivity contribution is 5.97. The number of carbonyl (C=O) groups is 1. The molecule has 20 heavy (non-hydrogen) atoms. The highest BCUT2D eigenvalue weighted by atomic mass is 16.5. The molecule has 2 aliphatic heterocycles. The number of benzene rings is 1. The number of rotatable bonds is 3. The van der Waals surface area contributed by atoms with Crippen molar-refractivity contribution >= 4 is 5.91 Å². The number of ether oxygens (including phenoxy) is 1. The van der Waals surface area contributed by atoms with Gasteiger partial charge in [0.25, 0.3) is 5.91 Å². The van der Waals surface area contributed by atoms with Gasteiger partial charge in [-0.2, -0.15) is 0 Å². The summed E-state index contributed by atoms with van der Waals surface area (Å²) in [5.74, 6) is 0.617. The smallest absolute Gasteiger partial charge is 0.255 e. The molecule has 0 saturated carbocycles. The molecule has 2 N–H and O–H groups in total. The van der Waals surface area contributed by atoms with E-state index >= 15 is 0 Å². The lowest BCUT2D eigenvalue weighted by atomic mass is 9.84. The normalized spacial score (nSPS) is 28.8. The van der Waals surface area contributed by atoms with E-state index in [4.69, 9.17) is 4.74 Å². The van der Waals surface area contributed by atoms with Gasteiger partial charge in [0.15, 0.2) is 0 Å². The van der Waals surface area contributed by atoms with E-state index in [1.54, 1.807) is 7.11 Å². The minimum absolute atomic E-state index is 0.0209. The number of hydrogen-bond acceptors (Lipinski definition) is 3. The van der Waals surface area contributed by atoms with Crippen molar-refractivity contribution in [1.29, 1.82) is 0 Å². The molecular weight excluding hydrogens is 252 g/mol. The zero-order valence-electron chi connectivity index (χ0n) is 11.9. The van der Waals surface area contributed by atoms with Gasteiger partial charge in [0.1, 0.15) is 5.75 Å². The van der Waals surface area contributed by atoms with Crippen molar-refractivity contribution in [1.82, 2.24) is 10.6 Å². The summed E-state index contributed by atoms with van der Waals surface area (Å²) in [6, 6.07) is 8.82. The van der Waals surface area contributed by atoms with E-state index in [9.17, 15) is 4.79 Å². The molecule has 1 aromatic rings. The second-order valence-electron chi connectivity index (χ2n) is 5.83. The molecule has 2 saturated heterocycles. The van der Waals surface area contributed by atoms with Crippen LogP contribution in [0.4, 0.5) is 0 Å². The molecule has 2 unspecified atom stereocenters. The van der Waals surface area contributed by atoms with Crippen molar-refractivity contribution < 1.29 is 9.53 Å². The average Bonchev–Trinajstić information content (AvgIpc) is 2.46. The zero-order chi connectivity index (χ0) is 13.9. The molecule has 2 atom stereocenters. The van der Waals surface area contributed by atoms with Crippen LogP contribution in [0.5, 0.6) is 5.75 Å². The number of hydrogen-bond donors (Lipinski definition) is 2. The summed E-state index contributed by atoms with van der Waals surface area (Å²) in [4.78, 5) is 12.4. The second kappa shape index (κ2) is 5.83. The number of para-hydroxylation sites is 1. The molecule has 1 amide bonds. The Kier molecular flexibility index (Phi) is 3.92. The number of methoxy groups -OCH3 is 1. The van der Waals surface area contributed by atoms with Crippen molar-refractivity contribution in [2.45, 2.75) is 50.2 Å². The summed E-state index contributed by atoms with van der Waals surface area (Å²) in [7, 11) is 1.60. The molecule has 2 heterocycles. The topological polar surface area (TPSA) is 50.4 Å². The third kappa shape index (κ3) is 2.80. The molecule has 2 bridgehead atoms. The Balaban J connectivity index is 1.67. The van der Waals surface area contributed by atoms with E-state index < -0.39 is 0 Å². The van der Waals surface area contributed by atoms with Crippen LogP contribution >= 0.6 is 0 Å². The SMILES string of the molecule is COc1ccccc1C(=O)NC1CC2CCCC(C1)N2. The lowest BCUT2D eigenvalue weighted by Crippen LogP contribution is -2.54. The Morgan fingerprint density at radius 2 is 1.95 bits per heavy atom. The van der Waals surface area contributed by atoms with Crippen LogP contribution < -0.4 is 15.4 Å². The van der Waals surface area contributed by atoms with Crippen LogP contribution in [0.3, 0.4) is 0 Å². The van der Waals surface area contributed by atoms with Gasteiger partial charge in [0.05, 0.1) is 12.7 Å². The van der Waals surface area contributed by atoms with Crippen molar-refractivity contribution in [2.24, 2.45) is 0 Å². The Labute approximate surface area is 119 Å². The van der Waals surface area contributed by atoms with Crippen LogP contribution in [-0.2, 0) is 0 Å². The maximum Gasteiger partial charge on any atom is 0.255 e. The predicted molar refractivity (Wildman–Crippen MR) is 78.0 cm³/mol. The van der Waals surface area contributed by atoms with Crippen LogP contribution in [0.15, 0.2) is 24.3 Å². The minimum Gasteiger partial charge on any atom is -0.496 e. The second-order valence-corrected chi connectivity index (χ2v) is 5.83. The van der Waals surface area contributed by atoms with Crippen molar-refractivity contribution in [2.75, 3.05) is 7.11 Å². The molecule has 4 nitrogen and oxygen atoms in total. The van der Waals surface area contributed by atoms with Gasteiger partial charge in [-0.15, -0.1) is 0 Å². The van der Waals surface area contributed by atoms with Gasteiger partial charge in [-0.3, -0.25) is 4.79 Å². The summed E-state index contributed by atoms with van der Waals surface area (Å²) < 4.78 is 5.26. The zero-order valence-corrected chi connectivity index (χ0v) is 11.9. The van der Waals surface area contributed by atoms with Gasteiger partial charge in [-0.1, -0.05) is 18.6 Å². The first kappa shape index (κ1) is 13.4. The summed E-state index contributed by atoms with van der Waals surface area (Å²) in [5, 5.41) is 6.82. The molecule has 1 aromatic carbocycles. The standard InChI is InChI=1S/C16H22N2O2/c1-20-15-8-3-2-7-14(15)16(19)18-13-9-11-5-4-6-12(10-13)17-11/h2-3,7-8,11-13,17H,4-6,9-10H2,1H3,(H,18,19). The Morgan fingerprint density at radius 3 is 2.65 bits per heavy atom. The quantitative estimate of drug-likeness (QED) is 0.887. The monoisotopic (exact) mass is 274 g/mol. The van der Waals surface area contributed by atoms with E-state index in [1.807, 2.05) is 24.3 Å². The van der Waals surface area contributed by atoms with Gasteiger partial charge < -0.3 is 15.4 Å². The van der Waals surface area contributed by atoms with Crippen LogP contribution in [0, 0.1) is 0 Å². The first-order chi connectivity index (χ1) is 9.76. The third-order valence-electron chi connectivity index (χ3n) is 4.40. The Hall–Kier alpha value is -1.55. The molecule has 4 heteroatoms. The molecule has 0 radical (unpaired) electrons. The number of amides is 1. The average molecular weight is 274 g/mol. The fourth-order valence-corrected chi connectivity index (χ4v) is 3.48. The van der Waals surface area contributed by atoms with E-state index in [2.05, 4.69) is 10.6 Å². The van der Waals surface area contributed by atoms with Crippen molar-refractivity contribution in [3.63, 3.8) is 0 Å². The maximum atomic E-state index is 12.4. The largest absolute Gasteiger partial charge is 0.496 e.